The first kappa shape index (κ1) is 9.84. The highest BCUT2D eigenvalue weighted by atomic mass is 14.8. The molecule has 0 spiro atoms. The Balaban J connectivity index is 2.32. The molecule has 0 atom stereocenters. The first-order valence-corrected chi connectivity index (χ1v) is 5.15. The Morgan fingerprint density at radius 2 is 1.73 bits per heavy atom. The fourth-order valence-electron chi connectivity index (χ4n) is 1.41. The normalized spacial score (nSPS) is 10.6. The van der Waals surface area contributed by atoms with Crippen LogP contribution in [0, 0.1) is 0 Å². The molecule has 0 unspecified atom stereocenters. The third-order valence-electron chi connectivity index (χ3n) is 2.38. The second-order valence-corrected chi connectivity index (χ2v) is 3.85. The molecule has 2 heterocycles. The first-order valence-electron chi connectivity index (χ1n) is 5.15. The largest absolute Gasteiger partial charge is 0.255 e. The molecule has 2 rings (SSSR count). The molecule has 0 bridgehead atoms. The summed E-state index contributed by atoms with van der Waals surface area (Å²) in [5.41, 5.74) is 3.11. The van der Waals surface area contributed by atoms with Crippen molar-refractivity contribution in [2.75, 3.05) is 0 Å². The summed E-state index contributed by atoms with van der Waals surface area (Å²) in [5.74, 6) is 0.523. The van der Waals surface area contributed by atoms with E-state index in [-0.39, 0.29) is 0 Å². The molecule has 15 heavy (non-hydrogen) atoms. The van der Waals surface area contributed by atoms with Crippen LogP contribution in [-0.2, 0) is 0 Å². The van der Waals surface area contributed by atoms with Crippen molar-refractivity contribution in [1.82, 2.24) is 9.97 Å². The van der Waals surface area contributed by atoms with E-state index in [1.807, 2.05) is 30.5 Å². The van der Waals surface area contributed by atoms with Gasteiger partial charge in [0.05, 0.1) is 11.4 Å². The lowest BCUT2D eigenvalue weighted by Gasteiger charge is -2.05. The predicted octanol–water partition coefficient (Wildman–Crippen LogP) is 3.27. The molecule has 0 aliphatic rings. The van der Waals surface area contributed by atoms with E-state index in [0.29, 0.717) is 5.92 Å². The fraction of sp³-hybridized carbons (Fsp3) is 0.231. The lowest BCUT2D eigenvalue weighted by molar-refractivity contribution is 0.858. The molecule has 76 valence electrons. The topological polar surface area (TPSA) is 25.8 Å². The van der Waals surface area contributed by atoms with Gasteiger partial charge in [0, 0.05) is 12.4 Å². The Labute approximate surface area is 90.0 Å². The second kappa shape index (κ2) is 4.22. The van der Waals surface area contributed by atoms with E-state index < -0.39 is 0 Å². The van der Waals surface area contributed by atoms with Crippen molar-refractivity contribution in [1.29, 1.82) is 0 Å². The number of hydrogen-bond acceptors (Lipinski definition) is 2. The summed E-state index contributed by atoms with van der Waals surface area (Å²) in [4.78, 5) is 8.67. The highest BCUT2D eigenvalue weighted by molar-refractivity contribution is 5.53. The van der Waals surface area contributed by atoms with Gasteiger partial charge in [0.15, 0.2) is 0 Å². The van der Waals surface area contributed by atoms with E-state index in [1.165, 1.54) is 5.56 Å². The van der Waals surface area contributed by atoms with Crippen molar-refractivity contribution in [3.63, 3.8) is 0 Å². The summed E-state index contributed by atoms with van der Waals surface area (Å²) in [6, 6.07) is 9.99. The maximum absolute atomic E-state index is 4.41. The zero-order chi connectivity index (χ0) is 10.7. The van der Waals surface area contributed by atoms with Crippen molar-refractivity contribution >= 4 is 0 Å². The third-order valence-corrected chi connectivity index (χ3v) is 2.38. The van der Waals surface area contributed by atoms with Crippen molar-refractivity contribution in [3.05, 3.63) is 48.3 Å². The van der Waals surface area contributed by atoms with E-state index in [9.17, 15) is 0 Å². The van der Waals surface area contributed by atoms with Crippen molar-refractivity contribution < 1.29 is 0 Å². The molecule has 0 fully saturated rings. The Bertz CT molecular complexity index is 418. The van der Waals surface area contributed by atoms with Crippen LogP contribution in [0.15, 0.2) is 42.7 Å². The van der Waals surface area contributed by atoms with Crippen LogP contribution in [-0.4, -0.2) is 9.97 Å². The molecular formula is C13H14N2. The molecule has 0 aliphatic carbocycles. The van der Waals surface area contributed by atoms with Crippen LogP contribution in [0.3, 0.4) is 0 Å². The minimum absolute atomic E-state index is 0.523. The molecule has 2 heteroatoms. The maximum atomic E-state index is 4.41. The van der Waals surface area contributed by atoms with Crippen LogP contribution in [0.1, 0.15) is 25.3 Å². The summed E-state index contributed by atoms with van der Waals surface area (Å²) in [6.07, 6.45) is 3.71. The van der Waals surface area contributed by atoms with E-state index in [0.717, 1.165) is 11.4 Å². The van der Waals surface area contributed by atoms with Gasteiger partial charge in [-0.2, -0.15) is 0 Å². The Morgan fingerprint density at radius 1 is 0.933 bits per heavy atom. The summed E-state index contributed by atoms with van der Waals surface area (Å²) >= 11 is 0. The molecule has 0 aliphatic heterocycles. The van der Waals surface area contributed by atoms with Crippen molar-refractivity contribution in [2.45, 2.75) is 19.8 Å². The van der Waals surface area contributed by atoms with Crippen LogP contribution < -0.4 is 0 Å². The predicted molar refractivity (Wildman–Crippen MR) is 61.6 cm³/mol. The standard InChI is InChI=1S/C13H14N2/c1-10(2)11-6-7-13(15-9-11)12-5-3-4-8-14-12/h3-10H,1-2H3. The van der Waals surface area contributed by atoms with Gasteiger partial charge < -0.3 is 0 Å². The average molecular weight is 198 g/mol. The van der Waals surface area contributed by atoms with Gasteiger partial charge in [-0.25, -0.2) is 0 Å². The summed E-state index contributed by atoms with van der Waals surface area (Å²) < 4.78 is 0. The highest BCUT2D eigenvalue weighted by Crippen LogP contribution is 2.17. The Hall–Kier alpha value is -1.70. The van der Waals surface area contributed by atoms with Gasteiger partial charge in [0.1, 0.15) is 0 Å². The highest BCUT2D eigenvalue weighted by Gasteiger charge is 2.02. The van der Waals surface area contributed by atoms with Gasteiger partial charge in [-0.1, -0.05) is 26.0 Å². The van der Waals surface area contributed by atoms with Crippen LogP contribution in [0.4, 0.5) is 0 Å². The molecule has 2 nitrogen and oxygen atoms in total. The summed E-state index contributed by atoms with van der Waals surface area (Å²) in [6.45, 7) is 4.33. The minimum atomic E-state index is 0.523. The minimum Gasteiger partial charge on any atom is -0.255 e. The summed E-state index contributed by atoms with van der Waals surface area (Å²) in [5, 5.41) is 0. The van der Waals surface area contributed by atoms with Gasteiger partial charge in [0.2, 0.25) is 0 Å². The molecule has 0 saturated carbocycles. The molecule has 2 aromatic rings. The molecule has 0 amide bonds. The molecule has 2 aromatic heterocycles. The lowest BCUT2D eigenvalue weighted by atomic mass is 10.1. The second-order valence-electron chi connectivity index (χ2n) is 3.85. The smallest absolute Gasteiger partial charge is 0.0886 e. The van der Waals surface area contributed by atoms with E-state index in [2.05, 4.69) is 29.9 Å². The number of pyridine rings is 2. The van der Waals surface area contributed by atoms with Crippen LogP contribution in [0.25, 0.3) is 11.4 Å². The third kappa shape index (κ3) is 2.21. The van der Waals surface area contributed by atoms with E-state index >= 15 is 0 Å². The van der Waals surface area contributed by atoms with Gasteiger partial charge >= 0.3 is 0 Å². The van der Waals surface area contributed by atoms with Crippen molar-refractivity contribution in [2.24, 2.45) is 0 Å². The molecule has 0 aromatic carbocycles. The lowest BCUT2D eigenvalue weighted by Crippen LogP contribution is -1.91. The van der Waals surface area contributed by atoms with Gasteiger partial charge in [-0.05, 0) is 29.7 Å². The number of aromatic nitrogens is 2. The Morgan fingerprint density at radius 3 is 2.27 bits per heavy atom. The van der Waals surface area contributed by atoms with Gasteiger partial charge in [-0.15, -0.1) is 0 Å². The van der Waals surface area contributed by atoms with Crippen molar-refractivity contribution in [3.8, 4) is 11.4 Å². The Kier molecular flexibility index (Phi) is 2.77. The monoisotopic (exact) mass is 198 g/mol. The van der Waals surface area contributed by atoms with E-state index in [4.69, 9.17) is 0 Å². The number of hydrogen-bond donors (Lipinski definition) is 0. The zero-order valence-corrected chi connectivity index (χ0v) is 9.01. The van der Waals surface area contributed by atoms with Crippen LogP contribution >= 0.6 is 0 Å². The molecule has 0 radical (unpaired) electrons. The van der Waals surface area contributed by atoms with Gasteiger partial charge in [-0.3, -0.25) is 9.97 Å². The average Bonchev–Trinajstić information content (AvgIpc) is 2.30. The quantitative estimate of drug-likeness (QED) is 0.740. The van der Waals surface area contributed by atoms with E-state index in [1.54, 1.807) is 6.20 Å². The number of nitrogens with zero attached hydrogens (tertiary/aromatic N) is 2. The molecule has 0 saturated heterocycles. The first-order chi connectivity index (χ1) is 7.27. The molecular weight excluding hydrogens is 184 g/mol. The SMILES string of the molecule is CC(C)c1ccc(-c2ccccn2)nc1. The van der Waals surface area contributed by atoms with Gasteiger partial charge in [0.25, 0.3) is 0 Å². The zero-order valence-electron chi connectivity index (χ0n) is 9.01. The fourth-order valence-corrected chi connectivity index (χ4v) is 1.41. The summed E-state index contributed by atoms with van der Waals surface area (Å²) in [7, 11) is 0. The maximum Gasteiger partial charge on any atom is 0.0886 e. The number of rotatable bonds is 2. The molecule has 0 N–H and O–H groups in total. The van der Waals surface area contributed by atoms with Crippen LogP contribution in [0.5, 0.6) is 0 Å². The van der Waals surface area contributed by atoms with Crippen LogP contribution in [0.2, 0.25) is 0 Å².